The molecule has 0 aromatic rings. The fraction of sp³-hybridized carbons (Fsp3) is 0.750. The van der Waals surface area contributed by atoms with Crippen molar-refractivity contribution in [1.29, 1.82) is 0 Å². The van der Waals surface area contributed by atoms with Crippen LogP contribution in [0.2, 0.25) is 0 Å². The van der Waals surface area contributed by atoms with E-state index in [1.807, 2.05) is 0 Å². The van der Waals surface area contributed by atoms with Crippen LogP contribution in [-0.2, 0) is 4.79 Å². The molecule has 0 radical (unpaired) electrons. The van der Waals surface area contributed by atoms with Crippen LogP contribution in [0.1, 0.15) is 6.92 Å². The maximum absolute atomic E-state index is 10.1. The summed E-state index contributed by atoms with van der Waals surface area (Å²) >= 11 is 0. The molecule has 0 aliphatic carbocycles. The molecule has 0 fully saturated rings. The number of carbonyl (C=O) groups excluding carboxylic acids is 1. The van der Waals surface area contributed by atoms with Crippen molar-refractivity contribution in [2.24, 2.45) is 0 Å². The van der Waals surface area contributed by atoms with E-state index >= 15 is 0 Å². The zero-order valence-corrected chi connectivity index (χ0v) is 7.32. The molecule has 1 amide bonds. The number of amides is 1. The molecule has 0 N–H and O–H groups in total. The maximum atomic E-state index is 10.1. The summed E-state index contributed by atoms with van der Waals surface area (Å²) in [4.78, 5) is 11.6. The van der Waals surface area contributed by atoms with Crippen LogP contribution in [0.25, 0.3) is 0 Å². The van der Waals surface area contributed by atoms with Crippen LogP contribution >= 0.6 is 0 Å². The van der Waals surface area contributed by atoms with Crippen molar-refractivity contribution >= 4 is 5.91 Å². The van der Waals surface area contributed by atoms with Crippen molar-refractivity contribution in [2.75, 3.05) is 14.1 Å². The first-order valence-electron chi connectivity index (χ1n) is 1.82. The Bertz CT molecular complexity index is 67.1. The van der Waals surface area contributed by atoms with Gasteiger partial charge in [0.25, 0.3) is 0 Å². The van der Waals surface area contributed by atoms with Crippen molar-refractivity contribution in [2.45, 2.75) is 6.92 Å². The Hall–Kier alpha value is 0.547. The summed E-state index contributed by atoms with van der Waals surface area (Å²) in [6, 6.07) is 0. The summed E-state index contributed by atoms with van der Waals surface area (Å²) in [5.74, 6) is 0.0926. The zero-order chi connectivity index (χ0) is 5.15. The molecule has 0 aromatic carbocycles. The molecule has 0 aromatic heterocycles. The van der Waals surface area contributed by atoms with E-state index in [9.17, 15) is 4.79 Å². The number of halogens is 1. The van der Waals surface area contributed by atoms with E-state index < -0.39 is 0 Å². The first kappa shape index (κ1) is 15.8. The van der Waals surface area contributed by atoms with Gasteiger partial charge >= 0.3 is 18.9 Å². The third-order valence-corrected chi connectivity index (χ3v) is 0.630. The van der Waals surface area contributed by atoms with Gasteiger partial charge in [-0.05, 0) is 0 Å². The van der Waals surface area contributed by atoms with Gasteiger partial charge < -0.3 is 21.9 Å². The number of rotatable bonds is 0. The molecule has 0 heterocycles. The Balaban J connectivity index is -0.000000125. The van der Waals surface area contributed by atoms with Crippen LogP contribution in [0.15, 0.2) is 0 Å². The minimum atomic E-state index is 0. The van der Waals surface area contributed by atoms with Gasteiger partial charge in [0, 0.05) is 21.0 Å². The minimum Gasteiger partial charge on any atom is -1.00 e. The molecule has 2 nitrogen and oxygen atoms in total. The molecule has 0 bridgehead atoms. The number of carbonyl (C=O) groups is 1. The quantitative estimate of drug-likeness (QED) is 0.335. The average Bonchev–Trinajstić information content (AvgIpc) is 1.36. The molecule has 0 unspecified atom stereocenters. The fourth-order valence-corrected chi connectivity index (χ4v) is 0. The Morgan fingerprint density at radius 2 is 1.50 bits per heavy atom. The average molecular weight is 174 g/mol. The standard InChI is InChI=1S/C4H9NO.BrH.Li/c1-4(6)5(2)3;;/h1-3H3;1H;/q;;+1/p-1. The minimum absolute atomic E-state index is 0. The molecule has 4 heteroatoms. The van der Waals surface area contributed by atoms with Crippen LogP contribution in [-0.4, -0.2) is 24.9 Å². The van der Waals surface area contributed by atoms with Crippen LogP contribution in [0.4, 0.5) is 0 Å². The van der Waals surface area contributed by atoms with Gasteiger partial charge in [0.15, 0.2) is 0 Å². The second-order valence-electron chi connectivity index (χ2n) is 1.41. The summed E-state index contributed by atoms with van der Waals surface area (Å²) < 4.78 is 0. The smallest absolute Gasteiger partial charge is 1.00 e. The van der Waals surface area contributed by atoms with Crippen molar-refractivity contribution < 1.29 is 40.6 Å². The first-order valence-corrected chi connectivity index (χ1v) is 1.82. The molecular weight excluding hydrogens is 165 g/mol. The molecule has 8 heavy (non-hydrogen) atoms. The van der Waals surface area contributed by atoms with Gasteiger partial charge in [-0.15, -0.1) is 0 Å². The Kier molecular flexibility index (Phi) is 14.9. The van der Waals surface area contributed by atoms with E-state index in [0.717, 1.165) is 0 Å². The number of hydrogen-bond donors (Lipinski definition) is 0. The zero-order valence-electron chi connectivity index (χ0n) is 5.73. The molecule has 0 atom stereocenters. The Morgan fingerprint density at radius 1 is 1.38 bits per heavy atom. The molecule has 0 spiro atoms. The fourth-order valence-electron chi connectivity index (χ4n) is 0. The van der Waals surface area contributed by atoms with Gasteiger partial charge in [-0.25, -0.2) is 0 Å². The van der Waals surface area contributed by atoms with Gasteiger partial charge in [0.1, 0.15) is 0 Å². The Morgan fingerprint density at radius 3 is 1.50 bits per heavy atom. The van der Waals surface area contributed by atoms with E-state index in [4.69, 9.17) is 0 Å². The van der Waals surface area contributed by atoms with Crippen LogP contribution in [0, 0.1) is 0 Å². The number of hydrogen-bond acceptors (Lipinski definition) is 1. The third kappa shape index (κ3) is 9.74. The van der Waals surface area contributed by atoms with E-state index in [1.54, 1.807) is 14.1 Å². The van der Waals surface area contributed by atoms with Gasteiger partial charge in [-0.1, -0.05) is 0 Å². The van der Waals surface area contributed by atoms with Gasteiger partial charge in [-0.2, -0.15) is 0 Å². The maximum Gasteiger partial charge on any atom is 1.00 e. The van der Waals surface area contributed by atoms with Crippen LogP contribution < -0.4 is 35.8 Å². The molecule has 0 saturated carbocycles. The molecule has 0 saturated heterocycles. The van der Waals surface area contributed by atoms with Crippen LogP contribution in [0.3, 0.4) is 0 Å². The third-order valence-electron chi connectivity index (χ3n) is 0.630. The SMILES string of the molecule is CC(=O)N(C)C.[Br-].[Li+]. The summed E-state index contributed by atoms with van der Waals surface area (Å²) in [6.07, 6.45) is 0. The van der Waals surface area contributed by atoms with Crippen molar-refractivity contribution in [3.05, 3.63) is 0 Å². The summed E-state index contributed by atoms with van der Waals surface area (Å²) in [5, 5.41) is 0. The number of nitrogens with zero attached hydrogens (tertiary/aromatic N) is 1. The normalized spacial score (nSPS) is 5.88. The summed E-state index contributed by atoms with van der Waals surface area (Å²) in [6.45, 7) is 1.53. The molecule has 0 rings (SSSR count). The van der Waals surface area contributed by atoms with Gasteiger partial charge in [0.2, 0.25) is 5.91 Å². The van der Waals surface area contributed by atoms with Crippen molar-refractivity contribution in [3.63, 3.8) is 0 Å². The monoisotopic (exact) mass is 173 g/mol. The second kappa shape index (κ2) is 7.55. The predicted octanol–water partition coefficient (Wildman–Crippen LogP) is -5.90. The van der Waals surface area contributed by atoms with E-state index in [1.165, 1.54) is 11.8 Å². The molecule has 0 aliphatic rings. The van der Waals surface area contributed by atoms with Crippen molar-refractivity contribution in [3.8, 4) is 0 Å². The molecule has 0 aliphatic heterocycles. The first-order chi connectivity index (χ1) is 2.64. The van der Waals surface area contributed by atoms with Crippen LogP contribution in [0.5, 0.6) is 0 Å². The van der Waals surface area contributed by atoms with Gasteiger partial charge in [-0.3, -0.25) is 4.79 Å². The van der Waals surface area contributed by atoms with E-state index in [0.29, 0.717) is 0 Å². The summed E-state index contributed by atoms with van der Waals surface area (Å²) in [5.41, 5.74) is 0. The second-order valence-corrected chi connectivity index (χ2v) is 1.41. The van der Waals surface area contributed by atoms with Crippen molar-refractivity contribution in [1.82, 2.24) is 4.90 Å². The largest absolute Gasteiger partial charge is 1.00 e. The topological polar surface area (TPSA) is 20.3 Å². The Labute approximate surface area is 72.6 Å². The van der Waals surface area contributed by atoms with Gasteiger partial charge in [0.05, 0.1) is 0 Å². The predicted molar refractivity (Wildman–Crippen MR) is 24.4 cm³/mol. The molecular formula is C4H9BrLiNO. The molecule has 44 valence electrons. The summed E-state index contributed by atoms with van der Waals surface area (Å²) in [7, 11) is 3.45. The van der Waals surface area contributed by atoms with E-state index in [2.05, 4.69) is 0 Å². The van der Waals surface area contributed by atoms with E-state index in [-0.39, 0.29) is 41.7 Å².